The van der Waals surface area contributed by atoms with Crippen LogP contribution in [0.2, 0.25) is 0 Å². The summed E-state index contributed by atoms with van der Waals surface area (Å²) in [6, 6.07) is 13.3. The standard InChI is InChI=1S/C17H15NO3/c1-2-21-17(20)14-10-15(19)18-16(14)13-9-5-7-11-6-3-4-8-12(11)13/h3-10,16H,2H2,1H3,(H,18,19). The molecule has 0 aromatic heterocycles. The van der Waals surface area contributed by atoms with Crippen molar-refractivity contribution in [2.45, 2.75) is 13.0 Å². The van der Waals surface area contributed by atoms with Gasteiger partial charge in [0.1, 0.15) is 0 Å². The van der Waals surface area contributed by atoms with Crippen molar-refractivity contribution in [3.63, 3.8) is 0 Å². The first-order chi connectivity index (χ1) is 10.2. The first-order valence-corrected chi connectivity index (χ1v) is 6.87. The van der Waals surface area contributed by atoms with Crippen LogP contribution in [0.3, 0.4) is 0 Å². The maximum Gasteiger partial charge on any atom is 0.336 e. The summed E-state index contributed by atoms with van der Waals surface area (Å²) in [6.45, 7) is 2.03. The number of carbonyl (C=O) groups excluding carboxylic acids is 2. The number of benzene rings is 2. The Hall–Kier alpha value is -2.62. The molecule has 0 bridgehead atoms. The Morgan fingerprint density at radius 2 is 1.95 bits per heavy atom. The van der Waals surface area contributed by atoms with E-state index in [0.29, 0.717) is 5.57 Å². The number of ether oxygens (including phenoxy) is 1. The van der Waals surface area contributed by atoms with Crippen LogP contribution >= 0.6 is 0 Å². The molecule has 4 nitrogen and oxygen atoms in total. The summed E-state index contributed by atoms with van der Waals surface area (Å²) in [6.07, 6.45) is 1.32. The van der Waals surface area contributed by atoms with Gasteiger partial charge < -0.3 is 10.1 Å². The van der Waals surface area contributed by atoms with Gasteiger partial charge in [0.25, 0.3) is 0 Å². The predicted octanol–water partition coefficient (Wildman–Crippen LogP) is 2.50. The van der Waals surface area contributed by atoms with Gasteiger partial charge in [-0.25, -0.2) is 4.79 Å². The highest BCUT2D eigenvalue weighted by Gasteiger charge is 2.31. The van der Waals surface area contributed by atoms with Crippen molar-refractivity contribution in [2.75, 3.05) is 6.61 Å². The fourth-order valence-corrected chi connectivity index (χ4v) is 2.62. The number of fused-ring (bicyclic) bond motifs is 1. The summed E-state index contributed by atoms with van der Waals surface area (Å²) in [5.74, 6) is -0.718. The topological polar surface area (TPSA) is 55.4 Å². The lowest BCUT2D eigenvalue weighted by Gasteiger charge is -2.17. The summed E-state index contributed by atoms with van der Waals surface area (Å²) in [5, 5.41) is 4.90. The Bertz CT molecular complexity index is 743. The lowest BCUT2D eigenvalue weighted by atomic mass is 9.95. The zero-order valence-electron chi connectivity index (χ0n) is 11.6. The van der Waals surface area contributed by atoms with Gasteiger partial charge in [0.2, 0.25) is 5.91 Å². The molecule has 1 atom stereocenters. The molecule has 3 rings (SSSR count). The van der Waals surface area contributed by atoms with Crippen molar-refractivity contribution in [3.8, 4) is 0 Å². The average molecular weight is 281 g/mol. The molecule has 2 aromatic rings. The zero-order valence-corrected chi connectivity index (χ0v) is 11.6. The summed E-state index contributed by atoms with van der Waals surface area (Å²) >= 11 is 0. The van der Waals surface area contributed by atoms with Crippen LogP contribution in [0.25, 0.3) is 10.8 Å². The van der Waals surface area contributed by atoms with Crippen molar-refractivity contribution in [2.24, 2.45) is 0 Å². The SMILES string of the molecule is CCOC(=O)C1=CC(=O)NC1c1cccc2ccccc12. The number of amides is 1. The Kier molecular flexibility index (Phi) is 3.44. The van der Waals surface area contributed by atoms with Crippen LogP contribution in [-0.2, 0) is 14.3 Å². The van der Waals surface area contributed by atoms with Gasteiger partial charge in [0, 0.05) is 6.08 Å². The summed E-state index contributed by atoms with van der Waals surface area (Å²) < 4.78 is 5.04. The number of rotatable bonds is 3. The molecule has 0 fully saturated rings. The Balaban J connectivity index is 2.07. The second kappa shape index (κ2) is 5.40. The molecule has 0 radical (unpaired) electrons. The molecule has 1 aliphatic heterocycles. The van der Waals surface area contributed by atoms with Gasteiger partial charge in [-0.3, -0.25) is 4.79 Å². The molecule has 21 heavy (non-hydrogen) atoms. The largest absolute Gasteiger partial charge is 0.463 e. The highest BCUT2D eigenvalue weighted by molar-refractivity contribution is 6.04. The fourth-order valence-electron chi connectivity index (χ4n) is 2.62. The maximum atomic E-state index is 12.0. The molecule has 1 heterocycles. The van der Waals surface area contributed by atoms with Crippen molar-refractivity contribution < 1.29 is 14.3 Å². The van der Waals surface area contributed by atoms with Gasteiger partial charge in [0.15, 0.2) is 0 Å². The van der Waals surface area contributed by atoms with E-state index in [1.54, 1.807) is 6.92 Å². The molecule has 1 amide bonds. The molecular weight excluding hydrogens is 266 g/mol. The van der Waals surface area contributed by atoms with Crippen LogP contribution in [0.15, 0.2) is 54.1 Å². The fraction of sp³-hybridized carbons (Fsp3) is 0.176. The summed E-state index contributed by atoms with van der Waals surface area (Å²) in [4.78, 5) is 23.7. The third-order valence-corrected chi connectivity index (χ3v) is 3.53. The van der Waals surface area contributed by atoms with E-state index in [2.05, 4.69) is 5.32 Å². The predicted molar refractivity (Wildman–Crippen MR) is 79.5 cm³/mol. The smallest absolute Gasteiger partial charge is 0.336 e. The van der Waals surface area contributed by atoms with E-state index in [0.717, 1.165) is 16.3 Å². The number of hydrogen-bond donors (Lipinski definition) is 1. The lowest BCUT2D eigenvalue weighted by molar-refractivity contribution is -0.138. The van der Waals surface area contributed by atoms with Gasteiger partial charge in [-0.15, -0.1) is 0 Å². The van der Waals surface area contributed by atoms with E-state index in [9.17, 15) is 9.59 Å². The van der Waals surface area contributed by atoms with Crippen LogP contribution in [-0.4, -0.2) is 18.5 Å². The van der Waals surface area contributed by atoms with Crippen LogP contribution in [0.5, 0.6) is 0 Å². The van der Waals surface area contributed by atoms with Crippen LogP contribution in [0.4, 0.5) is 0 Å². The van der Waals surface area contributed by atoms with Gasteiger partial charge in [0.05, 0.1) is 18.2 Å². The third-order valence-electron chi connectivity index (χ3n) is 3.53. The van der Waals surface area contributed by atoms with Gasteiger partial charge in [-0.05, 0) is 23.3 Å². The molecule has 1 unspecified atom stereocenters. The molecular formula is C17H15NO3. The minimum atomic E-state index is -0.456. The summed E-state index contributed by atoms with van der Waals surface area (Å²) in [7, 11) is 0. The third kappa shape index (κ3) is 2.40. The first kappa shape index (κ1) is 13.4. The van der Waals surface area contributed by atoms with Crippen molar-refractivity contribution >= 4 is 22.6 Å². The molecule has 1 N–H and O–H groups in total. The Labute approximate surface area is 122 Å². The molecule has 2 aromatic carbocycles. The first-order valence-electron chi connectivity index (χ1n) is 6.87. The highest BCUT2D eigenvalue weighted by Crippen LogP contribution is 2.32. The lowest BCUT2D eigenvalue weighted by Crippen LogP contribution is -2.24. The number of nitrogens with one attached hydrogen (secondary N) is 1. The maximum absolute atomic E-state index is 12.0. The second-order valence-electron chi connectivity index (χ2n) is 4.83. The normalized spacial score (nSPS) is 17.5. The van der Waals surface area contributed by atoms with E-state index < -0.39 is 12.0 Å². The zero-order chi connectivity index (χ0) is 14.8. The van der Waals surface area contributed by atoms with Crippen molar-refractivity contribution in [3.05, 3.63) is 59.7 Å². The van der Waals surface area contributed by atoms with Gasteiger partial charge >= 0.3 is 5.97 Å². The van der Waals surface area contributed by atoms with Crippen LogP contribution in [0.1, 0.15) is 18.5 Å². The van der Waals surface area contributed by atoms with Gasteiger partial charge in [-0.2, -0.15) is 0 Å². The van der Waals surface area contributed by atoms with Crippen LogP contribution < -0.4 is 5.32 Å². The molecule has 106 valence electrons. The van der Waals surface area contributed by atoms with Gasteiger partial charge in [-0.1, -0.05) is 42.5 Å². The molecule has 0 saturated heterocycles. The number of carbonyl (C=O) groups is 2. The highest BCUT2D eigenvalue weighted by atomic mass is 16.5. The average Bonchev–Trinajstić information content (AvgIpc) is 2.89. The van der Waals surface area contributed by atoms with E-state index in [1.165, 1.54) is 6.08 Å². The molecule has 0 saturated carbocycles. The van der Waals surface area contributed by atoms with E-state index in [1.807, 2.05) is 42.5 Å². The minimum Gasteiger partial charge on any atom is -0.463 e. The Morgan fingerprint density at radius 3 is 2.76 bits per heavy atom. The second-order valence-corrected chi connectivity index (χ2v) is 4.83. The minimum absolute atomic E-state index is 0.268. The summed E-state index contributed by atoms with van der Waals surface area (Å²) in [5.41, 5.74) is 1.26. The monoisotopic (exact) mass is 281 g/mol. The van der Waals surface area contributed by atoms with E-state index in [-0.39, 0.29) is 12.5 Å². The Morgan fingerprint density at radius 1 is 1.19 bits per heavy atom. The number of hydrogen-bond acceptors (Lipinski definition) is 3. The molecule has 0 aliphatic carbocycles. The molecule has 4 heteroatoms. The number of esters is 1. The quantitative estimate of drug-likeness (QED) is 0.879. The molecule has 0 spiro atoms. The van der Waals surface area contributed by atoms with Crippen molar-refractivity contribution in [1.29, 1.82) is 0 Å². The van der Waals surface area contributed by atoms with Crippen molar-refractivity contribution in [1.82, 2.24) is 5.32 Å². The van der Waals surface area contributed by atoms with Crippen LogP contribution in [0, 0.1) is 0 Å². The molecule has 1 aliphatic rings. The van der Waals surface area contributed by atoms with E-state index >= 15 is 0 Å². The van der Waals surface area contributed by atoms with E-state index in [4.69, 9.17) is 4.74 Å².